The predicted octanol–water partition coefficient (Wildman–Crippen LogP) is 8.74. The van der Waals surface area contributed by atoms with Crippen molar-refractivity contribution in [1.29, 1.82) is 0 Å². The number of halogens is 1. The van der Waals surface area contributed by atoms with Gasteiger partial charge in [0.2, 0.25) is 0 Å². The first-order chi connectivity index (χ1) is 23.1. The van der Waals surface area contributed by atoms with Crippen molar-refractivity contribution in [3.8, 4) is 39.1 Å². The van der Waals surface area contributed by atoms with Gasteiger partial charge in [0.05, 0.1) is 0 Å². The number of rotatable bonds is 3. The van der Waals surface area contributed by atoms with Crippen molar-refractivity contribution in [2.45, 2.75) is 13.8 Å². The molecule has 0 bridgehead atoms. The second-order valence-electron chi connectivity index (χ2n) is 12.6. The van der Waals surface area contributed by atoms with Gasteiger partial charge in [-0.1, -0.05) is 30.3 Å². The third-order valence-electron chi connectivity index (χ3n) is 9.84. The third-order valence-corrected chi connectivity index (χ3v) is 13.1. The van der Waals surface area contributed by atoms with Gasteiger partial charge in [-0.25, -0.2) is 0 Å². The van der Waals surface area contributed by atoms with Crippen molar-refractivity contribution in [2.75, 3.05) is 0 Å². The Morgan fingerprint density at radius 1 is 0.468 bits per heavy atom. The number of nitrogens with zero attached hydrogens (tertiary/aromatic N) is 1. The Balaban J connectivity index is 1.19. The van der Waals surface area contributed by atoms with Crippen molar-refractivity contribution in [1.82, 2.24) is 4.57 Å². The van der Waals surface area contributed by atoms with E-state index in [0.717, 1.165) is 27.6 Å². The first-order valence-corrected chi connectivity index (χ1v) is 18.2. The van der Waals surface area contributed by atoms with Gasteiger partial charge in [-0.2, -0.15) is 0 Å². The molecule has 2 aromatic heterocycles. The first kappa shape index (κ1) is 27.0. The summed E-state index contributed by atoms with van der Waals surface area (Å²) in [5.41, 5.74) is 15.8. The molecule has 47 heavy (non-hydrogen) atoms. The molecule has 10 rings (SSSR count). The van der Waals surface area contributed by atoms with Crippen LogP contribution in [0.25, 0.3) is 82.8 Å². The van der Waals surface area contributed by atoms with Crippen LogP contribution < -0.4 is 21.2 Å². The standard InChI is InChI=1S/C44H29INO/c1-26-11-3-4-12-29(26)36-25-41-37(23-27(36)2)31-14-6-8-20-40(31)46(41)28-21-22-42-38(24-28)35-18-10-17-34(44(35)47-42)33-16-9-15-32-30-13-5-7-19-39(30)45-43(32)33/h3-25H,1-2H3/q-1. The van der Waals surface area contributed by atoms with E-state index in [9.17, 15) is 0 Å². The molecule has 0 aliphatic carbocycles. The summed E-state index contributed by atoms with van der Waals surface area (Å²) in [4.78, 5) is 0. The van der Waals surface area contributed by atoms with Crippen LogP contribution in [-0.2, 0) is 0 Å². The molecule has 3 heteroatoms. The number of fused-ring (bicyclic) bond motifs is 9. The average molecular weight is 715 g/mol. The predicted molar refractivity (Wildman–Crippen MR) is 191 cm³/mol. The zero-order valence-electron chi connectivity index (χ0n) is 26.0. The van der Waals surface area contributed by atoms with Crippen LogP contribution in [0.4, 0.5) is 0 Å². The van der Waals surface area contributed by atoms with E-state index >= 15 is 0 Å². The molecule has 1 aliphatic heterocycles. The molecule has 1 aliphatic rings. The Bertz CT molecular complexity index is 2740. The molecule has 0 atom stereocenters. The SMILES string of the molecule is Cc1ccccc1-c1cc2c(cc1C)c1ccccc1n2-c1ccc2oc3c(-c4cccc5c4[I-]c4ccccc4-5)cccc3c2c1. The van der Waals surface area contributed by atoms with E-state index in [-0.39, 0.29) is 21.2 Å². The van der Waals surface area contributed by atoms with Crippen LogP contribution in [0.5, 0.6) is 0 Å². The Morgan fingerprint density at radius 3 is 2.06 bits per heavy atom. The molecular formula is C44H29INO-. The van der Waals surface area contributed by atoms with Gasteiger partial charge in [0, 0.05) is 0 Å². The van der Waals surface area contributed by atoms with Crippen molar-refractivity contribution >= 4 is 43.7 Å². The van der Waals surface area contributed by atoms with Crippen LogP contribution in [0.2, 0.25) is 0 Å². The maximum atomic E-state index is 6.73. The zero-order chi connectivity index (χ0) is 31.2. The maximum absolute atomic E-state index is 6.73. The molecule has 9 aromatic rings. The Kier molecular flexibility index (Phi) is 5.86. The summed E-state index contributed by atoms with van der Waals surface area (Å²) in [6.45, 7) is 4.43. The molecule has 2 nitrogen and oxygen atoms in total. The molecule has 0 amide bonds. The molecule has 3 heterocycles. The Morgan fingerprint density at radius 2 is 1.17 bits per heavy atom. The number of hydrogen-bond donors (Lipinski definition) is 0. The van der Waals surface area contributed by atoms with E-state index in [1.54, 1.807) is 0 Å². The average Bonchev–Trinajstić information content (AvgIpc) is 3.77. The van der Waals surface area contributed by atoms with E-state index < -0.39 is 0 Å². The third kappa shape index (κ3) is 3.96. The van der Waals surface area contributed by atoms with E-state index in [1.807, 2.05) is 0 Å². The second kappa shape index (κ2) is 10.2. The van der Waals surface area contributed by atoms with Crippen LogP contribution in [0, 0.1) is 21.0 Å². The first-order valence-electron chi connectivity index (χ1n) is 16.1. The van der Waals surface area contributed by atoms with E-state index in [2.05, 4.69) is 158 Å². The van der Waals surface area contributed by atoms with Crippen molar-refractivity contribution in [2.24, 2.45) is 0 Å². The second-order valence-corrected chi connectivity index (χ2v) is 15.3. The topological polar surface area (TPSA) is 18.1 Å². The van der Waals surface area contributed by atoms with Gasteiger partial charge in [0.15, 0.2) is 0 Å². The minimum atomic E-state index is -0.261. The number of furan rings is 1. The molecule has 0 saturated carbocycles. The molecule has 0 fully saturated rings. The fourth-order valence-corrected chi connectivity index (χ4v) is 10.9. The zero-order valence-corrected chi connectivity index (χ0v) is 28.2. The summed E-state index contributed by atoms with van der Waals surface area (Å²) in [5, 5.41) is 4.84. The number of hydrogen-bond acceptors (Lipinski definition) is 1. The fourth-order valence-electron chi connectivity index (χ4n) is 7.62. The fraction of sp³-hybridized carbons (Fsp3) is 0.0455. The van der Waals surface area contributed by atoms with E-state index in [0.29, 0.717) is 0 Å². The van der Waals surface area contributed by atoms with Gasteiger partial charge in [0.1, 0.15) is 0 Å². The van der Waals surface area contributed by atoms with Gasteiger partial charge >= 0.3 is 224 Å². The van der Waals surface area contributed by atoms with E-state index in [1.165, 1.54) is 73.5 Å². The number of para-hydroxylation sites is 2. The Labute approximate surface area is 283 Å². The summed E-state index contributed by atoms with van der Waals surface area (Å²) in [6, 6.07) is 51.2. The van der Waals surface area contributed by atoms with Crippen LogP contribution in [-0.4, -0.2) is 4.57 Å². The van der Waals surface area contributed by atoms with Crippen molar-refractivity contribution < 1.29 is 25.6 Å². The quantitative estimate of drug-likeness (QED) is 0.168. The van der Waals surface area contributed by atoms with Crippen LogP contribution in [0.3, 0.4) is 0 Å². The summed E-state index contributed by atoms with van der Waals surface area (Å²) >= 11 is -0.261. The minimum absolute atomic E-state index is 0.261. The molecule has 0 N–H and O–H groups in total. The summed E-state index contributed by atoms with van der Waals surface area (Å²) in [7, 11) is 0. The number of aryl methyl sites for hydroxylation is 2. The van der Waals surface area contributed by atoms with E-state index in [4.69, 9.17) is 4.42 Å². The number of benzene rings is 7. The van der Waals surface area contributed by atoms with Gasteiger partial charge < -0.3 is 0 Å². The van der Waals surface area contributed by atoms with Gasteiger partial charge in [-0.15, -0.1) is 0 Å². The molecule has 0 saturated heterocycles. The summed E-state index contributed by atoms with van der Waals surface area (Å²) in [6.07, 6.45) is 0. The van der Waals surface area contributed by atoms with Crippen molar-refractivity contribution in [3.05, 3.63) is 158 Å². The molecule has 7 aromatic carbocycles. The van der Waals surface area contributed by atoms with Gasteiger partial charge in [0.25, 0.3) is 0 Å². The normalized spacial score (nSPS) is 12.6. The number of aromatic nitrogens is 1. The Hall–Kier alpha value is -5.13. The molecule has 0 radical (unpaired) electrons. The monoisotopic (exact) mass is 714 g/mol. The summed E-state index contributed by atoms with van der Waals surface area (Å²) < 4.78 is 12.2. The molecule has 0 unspecified atom stereocenters. The van der Waals surface area contributed by atoms with Crippen LogP contribution in [0.15, 0.2) is 144 Å². The van der Waals surface area contributed by atoms with Crippen LogP contribution >= 0.6 is 0 Å². The van der Waals surface area contributed by atoms with Gasteiger partial charge in [-0.05, 0) is 30.5 Å². The molecule has 224 valence electrons. The molecular weight excluding hydrogens is 685 g/mol. The van der Waals surface area contributed by atoms with Crippen molar-refractivity contribution in [3.63, 3.8) is 0 Å². The van der Waals surface area contributed by atoms with Gasteiger partial charge in [-0.3, -0.25) is 0 Å². The molecule has 0 spiro atoms. The summed E-state index contributed by atoms with van der Waals surface area (Å²) in [5.74, 6) is 0. The van der Waals surface area contributed by atoms with Crippen LogP contribution in [0.1, 0.15) is 11.1 Å².